The summed E-state index contributed by atoms with van der Waals surface area (Å²) in [6.07, 6.45) is -2.57. The van der Waals surface area contributed by atoms with E-state index in [9.17, 15) is 27.8 Å². The number of fused-ring (bicyclic) bond motifs is 2. The molecule has 0 unspecified atom stereocenters. The van der Waals surface area contributed by atoms with Crippen LogP contribution in [0.15, 0.2) is 42.6 Å². The predicted octanol–water partition coefficient (Wildman–Crippen LogP) is 5.43. The Kier molecular flexibility index (Phi) is 5.32. The lowest BCUT2D eigenvalue weighted by Crippen LogP contribution is -2.54. The molecule has 2 aromatic carbocycles. The number of rotatable bonds is 3. The minimum absolute atomic E-state index is 0.0363. The standard InChI is InChI=1S/C23H21F4N3O2/c1-3-5-13-10-22(32,23(25,26)27)21(14-8-9-16(24)20(31)19(13)14)30-18-7-4-6-17-15(18)11-28-12(2)29-17/h4-9,11,21,30-32H,3,10H2,1-2H3/t21-,22-/m0/s1. The molecule has 0 radical (unpaired) electrons. The summed E-state index contributed by atoms with van der Waals surface area (Å²) in [4.78, 5) is 8.40. The summed E-state index contributed by atoms with van der Waals surface area (Å²) in [5.41, 5.74) is -2.48. The fourth-order valence-corrected chi connectivity index (χ4v) is 4.21. The minimum atomic E-state index is -5.02. The maximum absolute atomic E-state index is 14.3. The molecule has 1 aliphatic carbocycles. The van der Waals surface area contributed by atoms with Crippen LogP contribution in [0.2, 0.25) is 0 Å². The van der Waals surface area contributed by atoms with Crippen LogP contribution in [0.5, 0.6) is 5.75 Å². The normalized spacial score (nSPS) is 22.2. The molecule has 0 saturated carbocycles. The van der Waals surface area contributed by atoms with E-state index in [0.717, 1.165) is 12.1 Å². The van der Waals surface area contributed by atoms with Crippen molar-refractivity contribution in [3.8, 4) is 5.75 Å². The van der Waals surface area contributed by atoms with E-state index in [0.29, 0.717) is 23.1 Å². The molecule has 2 atom stereocenters. The largest absolute Gasteiger partial charge is 0.504 e. The lowest BCUT2D eigenvalue weighted by molar-refractivity contribution is -0.265. The Morgan fingerprint density at radius 1 is 1.25 bits per heavy atom. The molecule has 3 aromatic rings. The molecule has 1 aliphatic rings. The number of nitrogens with zero attached hydrogens (tertiary/aromatic N) is 2. The number of aromatic nitrogens is 2. The Balaban J connectivity index is 1.95. The third-order valence-electron chi connectivity index (χ3n) is 5.72. The van der Waals surface area contributed by atoms with Gasteiger partial charge in [0.2, 0.25) is 0 Å². The number of aromatic hydroxyl groups is 1. The summed E-state index contributed by atoms with van der Waals surface area (Å²) in [6, 6.07) is 5.21. The lowest BCUT2D eigenvalue weighted by atomic mass is 9.72. The van der Waals surface area contributed by atoms with Crippen LogP contribution in [0, 0.1) is 12.7 Å². The second kappa shape index (κ2) is 7.74. The summed E-state index contributed by atoms with van der Waals surface area (Å²) in [7, 11) is 0. The number of aryl methyl sites for hydroxylation is 1. The van der Waals surface area contributed by atoms with Gasteiger partial charge < -0.3 is 15.5 Å². The van der Waals surface area contributed by atoms with E-state index in [1.807, 2.05) is 0 Å². The Morgan fingerprint density at radius 3 is 2.69 bits per heavy atom. The van der Waals surface area contributed by atoms with E-state index in [1.165, 1.54) is 12.3 Å². The van der Waals surface area contributed by atoms with Crippen molar-refractivity contribution in [2.45, 2.75) is 44.5 Å². The first-order valence-corrected chi connectivity index (χ1v) is 10.1. The van der Waals surface area contributed by atoms with E-state index in [1.54, 1.807) is 32.0 Å². The summed E-state index contributed by atoms with van der Waals surface area (Å²) >= 11 is 0. The van der Waals surface area contributed by atoms with Gasteiger partial charge in [-0.3, -0.25) is 0 Å². The molecule has 0 amide bonds. The minimum Gasteiger partial charge on any atom is -0.504 e. The molecular formula is C23H21F4N3O2. The Hall–Kier alpha value is -3.20. The van der Waals surface area contributed by atoms with Gasteiger partial charge in [0.15, 0.2) is 17.2 Å². The van der Waals surface area contributed by atoms with Crippen LogP contribution in [0.25, 0.3) is 16.5 Å². The van der Waals surface area contributed by atoms with Crippen molar-refractivity contribution in [3.63, 3.8) is 0 Å². The first kappa shape index (κ1) is 22.0. The average molecular weight is 447 g/mol. The van der Waals surface area contributed by atoms with Gasteiger partial charge in [-0.15, -0.1) is 0 Å². The van der Waals surface area contributed by atoms with E-state index in [4.69, 9.17) is 0 Å². The van der Waals surface area contributed by atoms with E-state index in [-0.39, 0.29) is 22.4 Å². The number of phenolic OH excluding ortho intramolecular Hbond substituents is 1. The summed E-state index contributed by atoms with van der Waals surface area (Å²) in [6.45, 7) is 3.40. The number of phenols is 1. The van der Waals surface area contributed by atoms with Crippen LogP contribution in [0.1, 0.15) is 42.8 Å². The Labute approximate surface area is 181 Å². The molecule has 3 N–H and O–H groups in total. The van der Waals surface area contributed by atoms with Crippen molar-refractivity contribution in [2.75, 3.05) is 5.32 Å². The van der Waals surface area contributed by atoms with Crippen molar-refractivity contribution in [2.24, 2.45) is 0 Å². The van der Waals surface area contributed by atoms with Crippen LogP contribution in [-0.4, -0.2) is 32.0 Å². The van der Waals surface area contributed by atoms with Gasteiger partial charge in [-0.25, -0.2) is 14.4 Å². The number of hydrogen-bond donors (Lipinski definition) is 3. The van der Waals surface area contributed by atoms with Gasteiger partial charge in [0.05, 0.1) is 11.6 Å². The molecule has 9 heteroatoms. The van der Waals surface area contributed by atoms with Gasteiger partial charge in [-0.05, 0) is 42.7 Å². The number of benzene rings is 2. The van der Waals surface area contributed by atoms with Gasteiger partial charge >= 0.3 is 6.18 Å². The molecule has 0 fully saturated rings. The quantitative estimate of drug-likeness (QED) is 0.467. The number of hydrogen-bond acceptors (Lipinski definition) is 5. The van der Waals surface area contributed by atoms with E-state index in [2.05, 4.69) is 15.3 Å². The molecule has 32 heavy (non-hydrogen) atoms. The monoisotopic (exact) mass is 447 g/mol. The smallest absolute Gasteiger partial charge is 0.419 e. The maximum atomic E-state index is 14.3. The van der Waals surface area contributed by atoms with E-state index < -0.39 is 35.8 Å². The summed E-state index contributed by atoms with van der Waals surface area (Å²) in [5.74, 6) is -1.19. The topological polar surface area (TPSA) is 78.3 Å². The van der Waals surface area contributed by atoms with Crippen LogP contribution >= 0.6 is 0 Å². The molecule has 0 aliphatic heterocycles. The molecule has 1 heterocycles. The number of halogens is 4. The zero-order chi connectivity index (χ0) is 23.3. The highest BCUT2D eigenvalue weighted by Gasteiger charge is 2.62. The van der Waals surface area contributed by atoms with Crippen LogP contribution < -0.4 is 5.32 Å². The summed E-state index contributed by atoms with van der Waals surface area (Å²) in [5, 5.41) is 24.6. The second-order valence-electron chi connectivity index (χ2n) is 7.83. The van der Waals surface area contributed by atoms with Crippen molar-refractivity contribution in [1.29, 1.82) is 0 Å². The number of allylic oxidation sites excluding steroid dienone is 1. The van der Waals surface area contributed by atoms with Crippen molar-refractivity contribution in [3.05, 3.63) is 65.4 Å². The molecule has 0 saturated heterocycles. The maximum Gasteiger partial charge on any atom is 0.419 e. The number of nitrogens with one attached hydrogen (secondary N) is 1. The SMILES string of the molecule is CCC=C1C[C@@](O)(C(F)(F)F)[C@@H](Nc2cccc3nc(C)ncc23)c2ccc(F)c(O)c21. The zero-order valence-corrected chi connectivity index (χ0v) is 17.3. The van der Waals surface area contributed by atoms with E-state index >= 15 is 0 Å². The number of aliphatic hydroxyl groups is 1. The molecule has 0 spiro atoms. The molecular weight excluding hydrogens is 426 g/mol. The van der Waals surface area contributed by atoms with Crippen LogP contribution in [0.4, 0.5) is 23.2 Å². The Morgan fingerprint density at radius 2 is 2.00 bits per heavy atom. The number of alkyl halides is 3. The van der Waals surface area contributed by atoms with Gasteiger partial charge in [-0.1, -0.05) is 25.1 Å². The Bertz CT molecular complexity index is 1230. The fourth-order valence-electron chi connectivity index (χ4n) is 4.21. The van der Waals surface area contributed by atoms with Crippen LogP contribution in [-0.2, 0) is 0 Å². The van der Waals surface area contributed by atoms with Gasteiger partial charge in [0, 0.05) is 29.3 Å². The highest BCUT2D eigenvalue weighted by molar-refractivity contribution is 5.91. The van der Waals surface area contributed by atoms with Gasteiger partial charge in [-0.2, -0.15) is 13.2 Å². The van der Waals surface area contributed by atoms with Gasteiger partial charge in [0.25, 0.3) is 0 Å². The average Bonchev–Trinajstić information content (AvgIpc) is 2.72. The molecule has 0 bridgehead atoms. The molecule has 168 valence electrons. The second-order valence-corrected chi connectivity index (χ2v) is 7.83. The molecule has 4 rings (SSSR count). The third kappa shape index (κ3) is 3.46. The van der Waals surface area contributed by atoms with Crippen molar-refractivity contribution >= 4 is 22.2 Å². The highest BCUT2D eigenvalue weighted by atomic mass is 19.4. The fraction of sp³-hybridized carbons (Fsp3) is 0.304. The van der Waals surface area contributed by atoms with Crippen LogP contribution in [0.3, 0.4) is 0 Å². The first-order valence-electron chi connectivity index (χ1n) is 10.1. The van der Waals surface area contributed by atoms with Crippen molar-refractivity contribution in [1.82, 2.24) is 9.97 Å². The molecule has 1 aromatic heterocycles. The third-order valence-corrected chi connectivity index (χ3v) is 5.72. The summed E-state index contributed by atoms with van der Waals surface area (Å²) < 4.78 is 56.9. The zero-order valence-electron chi connectivity index (χ0n) is 17.3. The first-order chi connectivity index (χ1) is 15.1. The van der Waals surface area contributed by atoms with Crippen molar-refractivity contribution < 1.29 is 27.8 Å². The highest BCUT2D eigenvalue weighted by Crippen LogP contribution is 2.54. The molecule has 5 nitrogen and oxygen atoms in total. The lowest BCUT2D eigenvalue weighted by Gasteiger charge is -2.44. The van der Waals surface area contributed by atoms with Gasteiger partial charge in [0.1, 0.15) is 5.82 Å². The number of anilines is 1. The predicted molar refractivity (Wildman–Crippen MR) is 113 cm³/mol.